The van der Waals surface area contributed by atoms with Crippen molar-refractivity contribution >= 4 is 69.0 Å². The average Bonchev–Trinajstić information content (AvgIpc) is 3.45. The molecule has 0 radical (unpaired) electrons. The quantitative estimate of drug-likeness (QED) is 0.208. The maximum atomic E-state index is 13.2. The number of carboxylic acids is 1. The van der Waals surface area contributed by atoms with Gasteiger partial charge in [-0.1, -0.05) is 35.0 Å². The van der Waals surface area contributed by atoms with Crippen molar-refractivity contribution in [3.8, 4) is 0 Å². The maximum Gasteiger partial charge on any atom is 0.350 e. The first-order chi connectivity index (χ1) is 16.5. The molecular weight excluding hydrogens is 522 g/mol. The summed E-state index contributed by atoms with van der Waals surface area (Å²) in [4.78, 5) is 48.4. The van der Waals surface area contributed by atoms with Crippen LogP contribution in [-0.4, -0.2) is 81.9 Å². The molecule has 14 nitrogen and oxygen atoms in total. The highest BCUT2D eigenvalue weighted by molar-refractivity contribution is 8.00. The summed E-state index contributed by atoms with van der Waals surface area (Å²) in [5, 5.41) is 29.1. The summed E-state index contributed by atoms with van der Waals surface area (Å²) in [7, 11) is 0. The first kappa shape index (κ1) is 24.9. The van der Waals surface area contributed by atoms with Gasteiger partial charge in [0.1, 0.15) is 21.4 Å². The number of thiazole rings is 1. The Morgan fingerprint density at radius 3 is 2.77 bits per heavy atom. The molecule has 4 heterocycles. The van der Waals surface area contributed by atoms with Crippen molar-refractivity contribution in [2.24, 2.45) is 5.16 Å². The number of nitrogens with two attached hydrogens (primary N) is 1. The van der Waals surface area contributed by atoms with Crippen LogP contribution in [-0.2, 0) is 19.2 Å². The van der Waals surface area contributed by atoms with Crippen molar-refractivity contribution in [1.29, 1.82) is 0 Å². The lowest BCUT2D eigenvalue weighted by molar-refractivity contribution is -0.161. The van der Waals surface area contributed by atoms with Crippen LogP contribution in [0.5, 0.6) is 0 Å². The third-order valence-electron chi connectivity index (χ3n) is 5.25. The van der Waals surface area contributed by atoms with Crippen molar-refractivity contribution < 1.29 is 24.3 Å². The minimum Gasteiger partial charge on any atom is -0.478 e. The molecule has 5 N–H and O–H groups in total. The Kier molecular flexibility index (Phi) is 6.70. The number of halogens is 1. The molecule has 186 valence electrons. The Balaban J connectivity index is 1.60. The molecule has 0 bridgehead atoms. The van der Waals surface area contributed by atoms with E-state index < -0.39 is 34.6 Å². The Hall–Kier alpha value is -3.24. The zero-order chi connectivity index (χ0) is 25.5. The molecule has 0 saturated carbocycles. The van der Waals surface area contributed by atoms with Gasteiger partial charge in [-0.2, -0.15) is 0 Å². The number of thioether (sulfide) groups is 1. The molecule has 17 heteroatoms. The zero-order valence-electron chi connectivity index (χ0n) is 18.6. The van der Waals surface area contributed by atoms with Crippen molar-refractivity contribution in [3.63, 3.8) is 0 Å². The van der Waals surface area contributed by atoms with Crippen molar-refractivity contribution in [1.82, 2.24) is 35.8 Å². The number of hydrogen-bond acceptors (Lipinski definition) is 12. The van der Waals surface area contributed by atoms with Crippen LogP contribution < -0.4 is 11.1 Å². The highest BCUT2D eigenvalue weighted by atomic mass is 35.5. The van der Waals surface area contributed by atoms with Crippen LogP contribution in [0.25, 0.3) is 5.70 Å². The van der Waals surface area contributed by atoms with Crippen LogP contribution >= 0.6 is 34.7 Å². The number of carbonyl (C=O) groups is 3. The number of aromatic amines is 1. The Labute approximate surface area is 211 Å². The lowest BCUT2D eigenvalue weighted by Gasteiger charge is -2.50. The van der Waals surface area contributed by atoms with E-state index in [2.05, 4.69) is 36.1 Å². The van der Waals surface area contributed by atoms with E-state index in [0.717, 1.165) is 16.9 Å². The van der Waals surface area contributed by atoms with Gasteiger partial charge in [0.25, 0.3) is 11.8 Å². The number of anilines is 1. The smallest absolute Gasteiger partial charge is 0.350 e. The number of nitrogens with one attached hydrogen (secondary N) is 2. The molecule has 0 aliphatic carbocycles. The second kappa shape index (κ2) is 9.43. The van der Waals surface area contributed by atoms with Crippen molar-refractivity contribution in [2.75, 3.05) is 11.5 Å². The minimum atomic E-state index is -1.75. The van der Waals surface area contributed by atoms with Crippen LogP contribution in [0.3, 0.4) is 0 Å². The van der Waals surface area contributed by atoms with Gasteiger partial charge in [0.15, 0.2) is 16.7 Å². The number of fused-ring (bicyclic) bond motifs is 1. The first-order valence-electron chi connectivity index (χ1n) is 10.2. The van der Waals surface area contributed by atoms with E-state index in [-0.39, 0.29) is 21.1 Å². The van der Waals surface area contributed by atoms with Gasteiger partial charge in [0, 0.05) is 5.75 Å². The van der Waals surface area contributed by atoms with Crippen molar-refractivity contribution in [2.45, 2.75) is 44.2 Å². The summed E-state index contributed by atoms with van der Waals surface area (Å²) in [6.07, 6.45) is 0.688. The van der Waals surface area contributed by atoms with Gasteiger partial charge in [-0.25, -0.2) is 14.9 Å². The number of tetrazole rings is 1. The van der Waals surface area contributed by atoms with E-state index in [0.29, 0.717) is 23.7 Å². The third kappa shape index (κ3) is 4.55. The summed E-state index contributed by atoms with van der Waals surface area (Å²) in [5.74, 6) is -1.53. The van der Waals surface area contributed by atoms with Gasteiger partial charge in [-0.15, -0.1) is 16.9 Å². The van der Waals surface area contributed by atoms with Gasteiger partial charge >= 0.3 is 5.97 Å². The number of nitrogen functional groups attached to an aromatic ring is 1. The number of rotatable bonds is 8. The highest BCUT2D eigenvalue weighted by Crippen LogP contribution is 2.44. The largest absolute Gasteiger partial charge is 0.478 e. The molecule has 2 aliphatic heterocycles. The molecule has 1 fully saturated rings. The van der Waals surface area contributed by atoms with Crippen LogP contribution in [0.15, 0.2) is 10.7 Å². The second-order valence-electron chi connectivity index (χ2n) is 7.94. The molecular formula is C18H20ClN9O5S2. The molecule has 2 amide bonds. The van der Waals surface area contributed by atoms with Crippen LogP contribution in [0.2, 0.25) is 4.34 Å². The zero-order valence-corrected chi connectivity index (χ0v) is 21.0. The normalized spacial score (nSPS) is 20.4. The van der Waals surface area contributed by atoms with Gasteiger partial charge in [0.05, 0.1) is 5.70 Å². The number of carboxylic acid groups (broad SMARTS) is 1. The Morgan fingerprint density at radius 2 is 2.20 bits per heavy atom. The van der Waals surface area contributed by atoms with Gasteiger partial charge in [-0.05, 0) is 36.3 Å². The lowest BCUT2D eigenvalue weighted by atomic mass is 10.0. The predicted molar refractivity (Wildman–Crippen MR) is 127 cm³/mol. The molecule has 2 aromatic rings. The molecule has 4 rings (SSSR count). The minimum absolute atomic E-state index is 0.0531. The van der Waals surface area contributed by atoms with Crippen LogP contribution in [0, 0.1) is 0 Å². The lowest BCUT2D eigenvalue weighted by Crippen LogP contribution is -2.70. The second-order valence-corrected chi connectivity index (χ2v) is 10.7. The highest BCUT2D eigenvalue weighted by Gasteiger charge is 2.53. The molecule has 0 unspecified atom stereocenters. The van der Waals surface area contributed by atoms with E-state index in [1.807, 2.05) is 6.92 Å². The molecule has 2 atom stereocenters. The molecule has 0 spiro atoms. The molecule has 1 saturated heterocycles. The number of H-pyrrole nitrogens is 1. The van der Waals surface area contributed by atoms with E-state index in [4.69, 9.17) is 22.2 Å². The van der Waals surface area contributed by atoms with Gasteiger partial charge in [-0.3, -0.25) is 14.5 Å². The molecule has 0 aromatic carbocycles. The number of aromatic nitrogens is 5. The number of aliphatic carboxylic acids is 1. The summed E-state index contributed by atoms with van der Waals surface area (Å²) >= 11 is 8.55. The molecule has 35 heavy (non-hydrogen) atoms. The number of β-lactam (4-membered cyclic amide) rings is 1. The third-order valence-corrected chi connectivity index (χ3v) is 7.68. The Morgan fingerprint density at radius 1 is 1.46 bits per heavy atom. The topological polar surface area (TPSA) is 202 Å². The summed E-state index contributed by atoms with van der Waals surface area (Å²) in [6, 6.07) is -0.899. The monoisotopic (exact) mass is 541 g/mol. The number of oxime groups is 1. The summed E-state index contributed by atoms with van der Waals surface area (Å²) in [6.45, 7) is 4.48. The number of hydrogen-bond donors (Lipinski definition) is 4. The molecule has 2 aliphatic rings. The Bertz CT molecular complexity index is 1240. The average molecular weight is 542 g/mol. The van der Waals surface area contributed by atoms with Gasteiger partial charge < -0.3 is 21.0 Å². The van der Waals surface area contributed by atoms with Crippen molar-refractivity contribution in [3.05, 3.63) is 21.4 Å². The van der Waals surface area contributed by atoms with E-state index >= 15 is 0 Å². The van der Waals surface area contributed by atoms with Crippen LogP contribution in [0.4, 0.5) is 5.13 Å². The fraction of sp³-hybridized carbons (Fsp3) is 0.444. The maximum absolute atomic E-state index is 13.2. The fourth-order valence-electron chi connectivity index (χ4n) is 3.30. The van der Waals surface area contributed by atoms with E-state index in [1.165, 1.54) is 30.5 Å². The standard InChI is InChI=1S/C18H20ClN9O5S2/c1-4-6-5-34-15-9(14(30)28(15)10(6)12-23-26-27-24-12)21-13(29)8(7-11(19)35-17(20)22-7)25-33-18(2,3)16(31)32/h9,15H,4-5H2,1-3H3,(H2,20,22)(H,21,29)(H,31,32)(H,23,24,26,27)/b25-8-/t9-,15-/m1/s1. The van der Waals surface area contributed by atoms with E-state index in [9.17, 15) is 19.5 Å². The van der Waals surface area contributed by atoms with E-state index in [1.54, 1.807) is 0 Å². The predicted octanol–water partition coefficient (Wildman–Crippen LogP) is 0.697. The van der Waals surface area contributed by atoms with Crippen LogP contribution in [0.1, 0.15) is 38.7 Å². The van der Waals surface area contributed by atoms with Gasteiger partial charge in [0.2, 0.25) is 5.60 Å². The fourth-order valence-corrected chi connectivity index (χ4v) is 5.68. The number of amides is 2. The number of carbonyl (C=O) groups excluding carboxylic acids is 2. The number of nitrogens with zero attached hydrogens (tertiary/aromatic N) is 6. The molecule has 2 aromatic heterocycles. The first-order valence-corrected chi connectivity index (χ1v) is 12.4. The summed E-state index contributed by atoms with van der Waals surface area (Å²) < 4.78 is 0.0531. The SMILES string of the molecule is CCC1=C(c2nnn[nH]2)N2C(=O)[C@@H](NC(=O)/C(=N\OC(C)(C)C(=O)O)c3nc(N)sc3Cl)[C@H]2SC1. The summed E-state index contributed by atoms with van der Waals surface area (Å²) in [5.41, 5.74) is 5.03.